The molecule has 8 heteroatoms. The van der Waals surface area contributed by atoms with Crippen LogP contribution in [-0.2, 0) is 0 Å². The summed E-state index contributed by atoms with van der Waals surface area (Å²) in [6.45, 7) is 1.65. The van der Waals surface area contributed by atoms with Crippen molar-refractivity contribution in [2.45, 2.75) is 6.92 Å². The van der Waals surface area contributed by atoms with Crippen LogP contribution in [0.25, 0.3) is 5.57 Å². The number of rotatable bonds is 1. The van der Waals surface area contributed by atoms with E-state index in [-0.39, 0.29) is 21.8 Å². The van der Waals surface area contributed by atoms with E-state index < -0.39 is 0 Å². The van der Waals surface area contributed by atoms with Gasteiger partial charge in [0.25, 0.3) is 0 Å². The van der Waals surface area contributed by atoms with Gasteiger partial charge in [-0.3, -0.25) is 0 Å². The van der Waals surface area contributed by atoms with E-state index in [2.05, 4.69) is 27.4 Å². The number of aromatic hydroxyl groups is 2. The molecule has 19 heavy (non-hydrogen) atoms. The highest BCUT2D eigenvalue weighted by Crippen LogP contribution is 2.47. The van der Waals surface area contributed by atoms with E-state index in [1.165, 1.54) is 6.20 Å². The van der Waals surface area contributed by atoms with Crippen LogP contribution in [0, 0.1) is 6.92 Å². The first-order chi connectivity index (χ1) is 8.91. The van der Waals surface area contributed by atoms with Gasteiger partial charge in [-0.25, -0.2) is 4.99 Å². The number of hydrogen-bond donors (Lipinski definition) is 3. The lowest BCUT2D eigenvalue weighted by Crippen LogP contribution is -2.01. The van der Waals surface area contributed by atoms with E-state index in [0.29, 0.717) is 22.4 Å². The van der Waals surface area contributed by atoms with Gasteiger partial charge in [0.2, 0.25) is 5.11 Å². The molecular weight excluding hydrogens is 288 g/mol. The second-order valence-electron chi connectivity index (χ2n) is 3.78. The van der Waals surface area contributed by atoms with Gasteiger partial charge in [0.05, 0.1) is 17.5 Å². The minimum Gasteiger partial charge on any atom is -0.504 e. The van der Waals surface area contributed by atoms with Gasteiger partial charge in [0.15, 0.2) is 11.5 Å². The fourth-order valence-electron chi connectivity index (χ4n) is 1.66. The second-order valence-corrected chi connectivity index (χ2v) is 4.56. The van der Waals surface area contributed by atoms with Crippen molar-refractivity contribution in [3.05, 3.63) is 23.4 Å². The monoisotopic (exact) mass is 296 g/mol. The topological polar surface area (TPSA) is 104 Å². The summed E-state index contributed by atoms with van der Waals surface area (Å²) in [6.07, 6.45) is 1.27. The number of hydrogen-bond acceptors (Lipinski definition) is 5. The predicted molar refractivity (Wildman–Crippen MR) is 77.1 cm³/mol. The number of aliphatic imine (C=N–C) groups is 1. The molecule has 0 unspecified atom stereocenters. The third kappa shape index (κ3) is 2.42. The molecule has 0 saturated heterocycles. The minimum absolute atomic E-state index is 0.126. The summed E-state index contributed by atoms with van der Waals surface area (Å²) in [4.78, 5) is 4.07. The number of azo groups is 1. The van der Waals surface area contributed by atoms with E-state index in [1.54, 1.807) is 13.0 Å². The summed E-state index contributed by atoms with van der Waals surface area (Å²) >= 11 is 10.5. The van der Waals surface area contributed by atoms with Crippen molar-refractivity contribution >= 4 is 45.4 Å². The molecule has 1 aromatic rings. The number of nitrogens with zero attached hydrogens (tertiary/aromatic N) is 3. The van der Waals surface area contributed by atoms with Gasteiger partial charge in [0.1, 0.15) is 5.17 Å². The highest BCUT2D eigenvalue weighted by atomic mass is 35.5. The number of allylic oxidation sites excluding steroid dienone is 1. The lowest BCUT2D eigenvalue weighted by molar-refractivity contribution is 0.400. The molecule has 98 valence electrons. The fourth-order valence-corrected chi connectivity index (χ4v) is 1.94. The molecule has 0 spiro atoms. The van der Waals surface area contributed by atoms with Crippen LogP contribution in [0.15, 0.2) is 27.5 Å². The molecular formula is C11H9ClN4O2S. The van der Waals surface area contributed by atoms with Gasteiger partial charge in [0, 0.05) is 5.57 Å². The highest BCUT2D eigenvalue weighted by molar-refractivity contribution is 7.80. The summed E-state index contributed by atoms with van der Waals surface area (Å²) < 4.78 is 0. The molecule has 4 N–H and O–H groups in total. The molecule has 0 radical (unpaired) electrons. The number of thiocarbonyl (C=S) groups is 1. The standard InChI is InChI=1S/C11H9ClN4O2S/c1-4-2-6-7(9(18)8(4)17)5(10(12)15-6)3-14-16-11(13)19/h2-3,17-18H,1H3,(H2,13,19)/b5-3+,16-14?. The van der Waals surface area contributed by atoms with E-state index in [1.807, 2.05) is 0 Å². The quantitative estimate of drug-likeness (QED) is 0.421. The normalized spacial score (nSPS) is 15.9. The van der Waals surface area contributed by atoms with Crippen LogP contribution < -0.4 is 5.73 Å². The molecule has 2 rings (SSSR count). The molecule has 6 nitrogen and oxygen atoms in total. The van der Waals surface area contributed by atoms with Crippen LogP contribution in [0.3, 0.4) is 0 Å². The number of aryl methyl sites for hydroxylation is 1. The van der Waals surface area contributed by atoms with Gasteiger partial charge >= 0.3 is 0 Å². The van der Waals surface area contributed by atoms with Crippen LogP contribution in [0.1, 0.15) is 11.1 Å². The lowest BCUT2D eigenvalue weighted by atomic mass is 10.0. The Kier molecular flexibility index (Phi) is 3.50. The summed E-state index contributed by atoms with van der Waals surface area (Å²) in [7, 11) is 0. The first kappa shape index (κ1) is 13.4. The molecule has 0 amide bonds. The number of halogens is 1. The smallest absolute Gasteiger partial charge is 0.211 e. The third-order valence-electron chi connectivity index (χ3n) is 2.50. The maximum atomic E-state index is 9.95. The Morgan fingerprint density at radius 1 is 1.47 bits per heavy atom. The molecule has 0 saturated carbocycles. The Hall–Kier alpha value is -1.99. The van der Waals surface area contributed by atoms with E-state index in [9.17, 15) is 10.2 Å². The molecule has 0 bridgehead atoms. The molecule has 0 fully saturated rings. The van der Waals surface area contributed by atoms with E-state index in [0.717, 1.165) is 0 Å². The Morgan fingerprint density at radius 3 is 2.79 bits per heavy atom. The fraction of sp³-hybridized carbons (Fsp3) is 0.0909. The largest absolute Gasteiger partial charge is 0.504 e. The van der Waals surface area contributed by atoms with Crippen molar-refractivity contribution in [3.8, 4) is 11.5 Å². The summed E-state index contributed by atoms with van der Waals surface area (Å²) in [5, 5.41) is 26.8. The predicted octanol–water partition coefficient (Wildman–Crippen LogP) is 2.73. The summed E-state index contributed by atoms with van der Waals surface area (Å²) in [6, 6.07) is 1.61. The van der Waals surface area contributed by atoms with Gasteiger partial charge < -0.3 is 15.9 Å². The summed E-state index contributed by atoms with van der Waals surface area (Å²) in [5.74, 6) is -0.524. The zero-order valence-electron chi connectivity index (χ0n) is 9.75. The molecule has 1 aliphatic rings. The first-order valence-electron chi connectivity index (χ1n) is 5.12. The zero-order chi connectivity index (χ0) is 14.2. The van der Waals surface area contributed by atoms with E-state index in [4.69, 9.17) is 17.3 Å². The lowest BCUT2D eigenvalue weighted by Gasteiger charge is -2.07. The summed E-state index contributed by atoms with van der Waals surface area (Å²) in [5.41, 5.74) is 6.76. The SMILES string of the molecule is Cc1cc2c(c(O)c1O)/C(=C\N=NC(N)=S)C(Cl)=N2. The van der Waals surface area contributed by atoms with Crippen LogP contribution in [0.4, 0.5) is 5.69 Å². The minimum atomic E-state index is -0.300. The number of phenols is 2. The molecule has 0 aliphatic carbocycles. The molecule has 1 aliphatic heterocycles. The Bertz CT molecular complexity index is 667. The molecule has 0 atom stereocenters. The van der Waals surface area contributed by atoms with Crippen molar-refractivity contribution in [2.24, 2.45) is 21.0 Å². The second kappa shape index (κ2) is 4.94. The average Bonchev–Trinajstić information content (AvgIpc) is 2.62. The Labute approximate surface area is 118 Å². The Morgan fingerprint density at radius 2 is 2.16 bits per heavy atom. The first-order valence-corrected chi connectivity index (χ1v) is 5.91. The van der Waals surface area contributed by atoms with Crippen molar-refractivity contribution < 1.29 is 10.2 Å². The maximum Gasteiger partial charge on any atom is 0.211 e. The van der Waals surface area contributed by atoms with Crippen molar-refractivity contribution in [2.75, 3.05) is 0 Å². The van der Waals surface area contributed by atoms with Gasteiger partial charge in [-0.05, 0) is 30.8 Å². The third-order valence-corrected chi connectivity index (χ3v) is 2.87. The van der Waals surface area contributed by atoms with Crippen molar-refractivity contribution in [3.63, 3.8) is 0 Å². The van der Waals surface area contributed by atoms with Crippen LogP contribution in [0.5, 0.6) is 11.5 Å². The molecule has 1 heterocycles. The number of phenolic OH excluding ortho intramolecular Hbond substituents is 2. The van der Waals surface area contributed by atoms with Crippen LogP contribution in [-0.4, -0.2) is 20.5 Å². The van der Waals surface area contributed by atoms with Gasteiger partial charge in [-0.1, -0.05) is 11.6 Å². The average molecular weight is 297 g/mol. The number of nitrogens with two attached hydrogens (primary N) is 1. The van der Waals surface area contributed by atoms with Crippen LogP contribution in [0.2, 0.25) is 0 Å². The van der Waals surface area contributed by atoms with Crippen LogP contribution >= 0.6 is 23.8 Å². The van der Waals surface area contributed by atoms with Gasteiger partial charge in [-0.2, -0.15) is 5.11 Å². The molecule has 0 aromatic heterocycles. The highest BCUT2D eigenvalue weighted by Gasteiger charge is 2.26. The molecule has 1 aromatic carbocycles. The van der Waals surface area contributed by atoms with Gasteiger partial charge in [-0.15, -0.1) is 5.11 Å². The van der Waals surface area contributed by atoms with E-state index >= 15 is 0 Å². The maximum absolute atomic E-state index is 9.95. The number of fused-ring (bicyclic) bond motifs is 1. The zero-order valence-corrected chi connectivity index (χ0v) is 11.3. The Balaban J connectivity index is 2.56. The van der Waals surface area contributed by atoms with Crippen molar-refractivity contribution in [1.29, 1.82) is 0 Å². The van der Waals surface area contributed by atoms with Crippen molar-refractivity contribution in [1.82, 2.24) is 0 Å². The number of benzene rings is 1.